The first kappa shape index (κ1) is 13.0. The summed E-state index contributed by atoms with van der Waals surface area (Å²) in [5.41, 5.74) is 1.34. The summed E-state index contributed by atoms with van der Waals surface area (Å²) in [5, 5.41) is 13.3. The van der Waals surface area contributed by atoms with E-state index in [1.807, 2.05) is 13.8 Å². The molecule has 1 saturated heterocycles. The molecule has 2 unspecified atom stereocenters. The summed E-state index contributed by atoms with van der Waals surface area (Å²) in [7, 11) is 1.79. The van der Waals surface area contributed by atoms with Crippen molar-refractivity contribution in [2.45, 2.75) is 26.1 Å². The van der Waals surface area contributed by atoms with E-state index in [4.69, 9.17) is 9.84 Å². The molecule has 2 heterocycles. The Morgan fingerprint density at radius 1 is 1.61 bits per heavy atom. The molecule has 18 heavy (non-hydrogen) atoms. The van der Waals surface area contributed by atoms with Crippen LogP contribution in [0.4, 0.5) is 0 Å². The average molecular weight is 253 g/mol. The Balaban J connectivity index is 2.15. The zero-order valence-electron chi connectivity index (χ0n) is 11.0. The van der Waals surface area contributed by atoms with Crippen molar-refractivity contribution in [3.63, 3.8) is 0 Å². The molecule has 6 heteroatoms. The Morgan fingerprint density at radius 2 is 2.33 bits per heavy atom. The number of hydrogen-bond donors (Lipinski definition) is 1. The van der Waals surface area contributed by atoms with Gasteiger partial charge in [0.05, 0.1) is 30.1 Å². The minimum absolute atomic E-state index is 0.0470. The SMILES string of the molecule is Cc1nn(C)cc1C(=O)N1CC(C)OC(CO)C1. The first-order chi connectivity index (χ1) is 8.51. The molecule has 0 saturated carbocycles. The Bertz CT molecular complexity index is 444. The molecule has 1 aliphatic heterocycles. The fourth-order valence-electron chi connectivity index (χ4n) is 2.29. The molecule has 1 aromatic rings. The average Bonchev–Trinajstić information content (AvgIpc) is 2.66. The van der Waals surface area contributed by atoms with Gasteiger partial charge in [0.25, 0.3) is 5.91 Å². The standard InChI is InChI=1S/C12H19N3O3/c1-8-4-15(5-10(7-16)18-8)12(17)11-6-14(3)13-9(11)2/h6,8,10,16H,4-5,7H2,1-3H3. The van der Waals surface area contributed by atoms with Gasteiger partial charge >= 0.3 is 0 Å². The minimum atomic E-state index is -0.297. The second-order valence-electron chi connectivity index (χ2n) is 4.76. The lowest BCUT2D eigenvalue weighted by molar-refractivity contribution is -0.0858. The highest BCUT2D eigenvalue weighted by Crippen LogP contribution is 2.15. The normalized spacial score (nSPS) is 24.3. The van der Waals surface area contributed by atoms with Crippen LogP contribution in [0.2, 0.25) is 0 Å². The van der Waals surface area contributed by atoms with Crippen LogP contribution < -0.4 is 0 Å². The molecule has 2 rings (SSSR count). The van der Waals surface area contributed by atoms with E-state index in [9.17, 15) is 4.79 Å². The molecular formula is C12H19N3O3. The van der Waals surface area contributed by atoms with Gasteiger partial charge in [0.15, 0.2) is 0 Å². The zero-order chi connectivity index (χ0) is 13.3. The fourth-order valence-corrected chi connectivity index (χ4v) is 2.29. The van der Waals surface area contributed by atoms with E-state index in [2.05, 4.69) is 5.10 Å². The van der Waals surface area contributed by atoms with Crippen molar-refractivity contribution in [3.05, 3.63) is 17.5 Å². The van der Waals surface area contributed by atoms with E-state index in [1.165, 1.54) is 0 Å². The molecule has 1 N–H and O–H groups in total. The summed E-state index contributed by atoms with van der Waals surface area (Å²) < 4.78 is 7.16. The number of aliphatic hydroxyl groups is 1. The third kappa shape index (κ3) is 2.54. The number of aliphatic hydroxyl groups excluding tert-OH is 1. The van der Waals surface area contributed by atoms with Gasteiger partial charge < -0.3 is 14.7 Å². The number of hydrogen-bond acceptors (Lipinski definition) is 4. The Morgan fingerprint density at radius 3 is 2.89 bits per heavy atom. The van der Waals surface area contributed by atoms with Gasteiger partial charge in [-0.3, -0.25) is 9.48 Å². The van der Waals surface area contributed by atoms with Gasteiger partial charge in [0.2, 0.25) is 0 Å². The van der Waals surface area contributed by atoms with Crippen LogP contribution in [0.25, 0.3) is 0 Å². The number of morpholine rings is 1. The van der Waals surface area contributed by atoms with Crippen molar-refractivity contribution < 1.29 is 14.6 Å². The van der Waals surface area contributed by atoms with Gasteiger partial charge in [0, 0.05) is 26.3 Å². The van der Waals surface area contributed by atoms with Gasteiger partial charge in [-0.15, -0.1) is 0 Å². The van der Waals surface area contributed by atoms with E-state index < -0.39 is 0 Å². The largest absolute Gasteiger partial charge is 0.394 e. The number of aromatic nitrogens is 2. The highest BCUT2D eigenvalue weighted by atomic mass is 16.5. The maximum absolute atomic E-state index is 12.4. The number of carbonyl (C=O) groups excluding carboxylic acids is 1. The number of rotatable bonds is 2. The van der Waals surface area contributed by atoms with Gasteiger partial charge in [-0.1, -0.05) is 0 Å². The third-order valence-electron chi connectivity index (χ3n) is 3.06. The second kappa shape index (κ2) is 5.07. The number of aryl methyl sites for hydroxylation is 2. The molecule has 100 valence electrons. The lowest BCUT2D eigenvalue weighted by Gasteiger charge is -2.36. The molecule has 0 radical (unpaired) electrons. The van der Waals surface area contributed by atoms with E-state index in [0.29, 0.717) is 18.7 Å². The Hall–Kier alpha value is -1.40. The van der Waals surface area contributed by atoms with Crippen LogP contribution in [0.1, 0.15) is 23.0 Å². The first-order valence-electron chi connectivity index (χ1n) is 6.07. The number of amides is 1. The van der Waals surface area contributed by atoms with Gasteiger partial charge in [-0.05, 0) is 13.8 Å². The van der Waals surface area contributed by atoms with Crippen molar-refractivity contribution in [3.8, 4) is 0 Å². The predicted octanol–water partition coefficient (Wildman–Crippen LogP) is -0.0497. The molecule has 1 amide bonds. The smallest absolute Gasteiger partial charge is 0.257 e. The highest BCUT2D eigenvalue weighted by Gasteiger charge is 2.29. The van der Waals surface area contributed by atoms with Crippen LogP contribution >= 0.6 is 0 Å². The van der Waals surface area contributed by atoms with Crippen LogP contribution in [-0.2, 0) is 11.8 Å². The van der Waals surface area contributed by atoms with E-state index in [0.717, 1.165) is 5.69 Å². The van der Waals surface area contributed by atoms with Crippen molar-refractivity contribution in [2.24, 2.45) is 7.05 Å². The number of ether oxygens (including phenoxy) is 1. The van der Waals surface area contributed by atoms with Gasteiger partial charge in [0.1, 0.15) is 0 Å². The van der Waals surface area contributed by atoms with Crippen LogP contribution in [0.3, 0.4) is 0 Å². The lowest BCUT2D eigenvalue weighted by Crippen LogP contribution is -2.50. The third-order valence-corrected chi connectivity index (χ3v) is 3.06. The lowest BCUT2D eigenvalue weighted by atomic mass is 10.1. The van der Waals surface area contributed by atoms with E-state index in [-0.39, 0.29) is 24.7 Å². The van der Waals surface area contributed by atoms with E-state index >= 15 is 0 Å². The van der Waals surface area contributed by atoms with Crippen LogP contribution in [-0.4, -0.2) is 57.6 Å². The van der Waals surface area contributed by atoms with Gasteiger partial charge in [-0.2, -0.15) is 5.10 Å². The number of carbonyl (C=O) groups is 1. The maximum Gasteiger partial charge on any atom is 0.257 e. The summed E-state index contributed by atoms with van der Waals surface area (Å²) in [4.78, 5) is 14.1. The molecule has 2 atom stereocenters. The highest BCUT2D eigenvalue weighted by molar-refractivity contribution is 5.95. The summed E-state index contributed by atoms with van der Waals surface area (Å²) in [6.07, 6.45) is 1.37. The van der Waals surface area contributed by atoms with Gasteiger partial charge in [-0.25, -0.2) is 0 Å². The maximum atomic E-state index is 12.4. The molecule has 0 spiro atoms. The molecular weight excluding hydrogens is 234 g/mol. The van der Waals surface area contributed by atoms with E-state index in [1.54, 1.807) is 22.8 Å². The molecule has 0 aromatic carbocycles. The van der Waals surface area contributed by atoms with Crippen molar-refractivity contribution in [1.82, 2.24) is 14.7 Å². The number of nitrogens with zero attached hydrogens (tertiary/aromatic N) is 3. The molecule has 1 aliphatic rings. The summed E-state index contributed by atoms with van der Waals surface area (Å²) in [6, 6.07) is 0. The molecule has 0 aliphatic carbocycles. The monoisotopic (exact) mass is 253 g/mol. The molecule has 1 aromatic heterocycles. The minimum Gasteiger partial charge on any atom is -0.394 e. The van der Waals surface area contributed by atoms with Crippen molar-refractivity contribution in [2.75, 3.05) is 19.7 Å². The molecule has 1 fully saturated rings. The predicted molar refractivity (Wildman–Crippen MR) is 65.3 cm³/mol. The molecule has 0 bridgehead atoms. The Kier molecular flexibility index (Phi) is 3.68. The van der Waals surface area contributed by atoms with Crippen LogP contribution in [0.5, 0.6) is 0 Å². The first-order valence-corrected chi connectivity index (χ1v) is 6.07. The van der Waals surface area contributed by atoms with Crippen LogP contribution in [0.15, 0.2) is 6.20 Å². The summed E-state index contributed by atoms with van der Waals surface area (Å²) in [5.74, 6) is -0.0470. The van der Waals surface area contributed by atoms with Crippen molar-refractivity contribution in [1.29, 1.82) is 0 Å². The Labute approximate surface area is 106 Å². The van der Waals surface area contributed by atoms with Crippen LogP contribution in [0, 0.1) is 6.92 Å². The quantitative estimate of drug-likeness (QED) is 0.802. The zero-order valence-corrected chi connectivity index (χ0v) is 11.0. The van der Waals surface area contributed by atoms with Crippen molar-refractivity contribution >= 4 is 5.91 Å². The summed E-state index contributed by atoms with van der Waals surface area (Å²) in [6.45, 7) is 4.62. The fraction of sp³-hybridized carbons (Fsp3) is 0.667. The molecule has 6 nitrogen and oxygen atoms in total. The summed E-state index contributed by atoms with van der Waals surface area (Å²) >= 11 is 0. The topological polar surface area (TPSA) is 67.6 Å². The second-order valence-corrected chi connectivity index (χ2v) is 4.76.